The quantitative estimate of drug-likeness (QED) is 0.363. The summed E-state index contributed by atoms with van der Waals surface area (Å²) >= 11 is 0. The second-order valence-corrected chi connectivity index (χ2v) is 7.98. The third-order valence-corrected chi connectivity index (χ3v) is 6.19. The van der Waals surface area contributed by atoms with Crippen molar-refractivity contribution in [3.05, 3.63) is 64.2 Å². The lowest BCUT2D eigenvalue weighted by Gasteiger charge is -2.18. The van der Waals surface area contributed by atoms with E-state index in [-0.39, 0.29) is 16.1 Å². The second-order valence-electron chi connectivity index (χ2n) is 6.04. The van der Waals surface area contributed by atoms with Crippen molar-refractivity contribution in [3.63, 3.8) is 0 Å². The SMILES string of the molecule is CCN(CC)S(=O)(=O)c1ccc(NC(=O)COC(=O)c2ccc([N+](=O)[O-])cc2)cc1. The van der Waals surface area contributed by atoms with Crippen molar-refractivity contribution < 1.29 is 27.7 Å². The number of anilines is 1. The molecular formula is C19H21N3O7S. The minimum Gasteiger partial charge on any atom is -0.452 e. The minimum atomic E-state index is -3.60. The predicted molar refractivity (Wildman–Crippen MR) is 109 cm³/mol. The fourth-order valence-electron chi connectivity index (χ4n) is 2.55. The summed E-state index contributed by atoms with van der Waals surface area (Å²) in [6.07, 6.45) is 0. The van der Waals surface area contributed by atoms with E-state index in [2.05, 4.69) is 5.32 Å². The zero-order chi connectivity index (χ0) is 22.3. The van der Waals surface area contributed by atoms with Crippen molar-refractivity contribution in [1.82, 2.24) is 4.31 Å². The number of sulfonamides is 1. The predicted octanol–water partition coefficient (Wildman–Crippen LogP) is 2.42. The first kappa shape index (κ1) is 23.0. The number of non-ortho nitro benzene ring substituents is 1. The summed E-state index contributed by atoms with van der Waals surface area (Å²) in [7, 11) is -3.60. The van der Waals surface area contributed by atoms with Gasteiger partial charge in [0.25, 0.3) is 11.6 Å². The molecule has 160 valence electrons. The molecule has 0 saturated heterocycles. The summed E-state index contributed by atoms with van der Waals surface area (Å²) < 4.78 is 31.1. The molecular weight excluding hydrogens is 414 g/mol. The lowest BCUT2D eigenvalue weighted by atomic mass is 10.2. The van der Waals surface area contributed by atoms with Crippen LogP contribution in [0.1, 0.15) is 24.2 Å². The van der Waals surface area contributed by atoms with Gasteiger partial charge < -0.3 is 10.1 Å². The van der Waals surface area contributed by atoms with Crippen molar-refractivity contribution >= 4 is 33.3 Å². The van der Waals surface area contributed by atoms with Gasteiger partial charge in [0.15, 0.2) is 6.61 Å². The number of nitrogens with zero attached hydrogens (tertiary/aromatic N) is 2. The molecule has 0 unspecified atom stereocenters. The average Bonchev–Trinajstić information content (AvgIpc) is 2.73. The molecule has 0 heterocycles. The van der Waals surface area contributed by atoms with Crippen LogP contribution in [0.15, 0.2) is 53.4 Å². The zero-order valence-electron chi connectivity index (χ0n) is 16.4. The van der Waals surface area contributed by atoms with E-state index in [9.17, 15) is 28.1 Å². The highest BCUT2D eigenvalue weighted by atomic mass is 32.2. The number of nitro groups is 1. The van der Waals surface area contributed by atoms with E-state index in [4.69, 9.17) is 4.74 Å². The van der Waals surface area contributed by atoms with Gasteiger partial charge in [-0.3, -0.25) is 14.9 Å². The van der Waals surface area contributed by atoms with Crippen molar-refractivity contribution in [2.75, 3.05) is 25.0 Å². The van der Waals surface area contributed by atoms with Crippen molar-refractivity contribution in [1.29, 1.82) is 0 Å². The lowest BCUT2D eigenvalue weighted by molar-refractivity contribution is -0.384. The summed E-state index contributed by atoms with van der Waals surface area (Å²) in [5.74, 6) is -1.43. The molecule has 1 N–H and O–H groups in total. The van der Waals surface area contributed by atoms with Gasteiger partial charge in [0.1, 0.15) is 0 Å². The van der Waals surface area contributed by atoms with Gasteiger partial charge in [0, 0.05) is 30.9 Å². The molecule has 0 aliphatic heterocycles. The first-order chi connectivity index (χ1) is 14.2. The number of hydrogen-bond acceptors (Lipinski definition) is 7. The van der Waals surface area contributed by atoms with Gasteiger partial charge in [-0.2, -0.15) is 4.31 Å². The van der Waals surface area contributed by atoms with Crippen molar-refractivity contribution in [2.45, 2.75) is 18.7 Å². The molecule has 11 heteroatoms. The van der Waals surface area contributed by atoms with Gasteiger partial charge in [-0.25, -0.2) is 13.2 Å². The Kier molecular flexibility index (Phi) is 7.61. The molecule has 2 aromatic carbocycles. The number of nitrogens with one attached hydrogen (secondary N) is 1. The van der Waals surface area contributed by atoms with E-state index < -0.39 is 33.4 Å². The summed E-state index contributed by atoms with van der Waals surface area (Å²) in [6, 6.07) is 10.4. The normalized spacial score (nSPS) is 11.2. The average molecular weight is 435 g/mol. The first-order valence-corrected chi connectivity index (χ1v) is 10.4. The van der Waals surface area contributed by atoms with Gasteiger partial charge in [0.05, 0.1) is 15.4 Å². The molecule has 0 fully saturated rings. The Balaban J connectivity index is 1.93. The van der Waals surface area contributed by atoms with Gasteiger partial charge in [0.2, 0.25) is 10.0 Å². The number of amides is 1. The Morgan fingerprint density at radius 1 is 1.03 bits per heavy atom. The molecule has 2 rings (SSSR count). The number of rotatable bonds is 9. The fourth-order valence-corrected chi connectivity index (χ4v) is 4.01. The van der Waals surface area contributed by atoms with Gasteiger partial charge in [-0.15, -0.1) is 0 Å². The van der Waals surface area contributed by atoms with Crippen LogP contribution in [0.2, 0.25) is 0 Å². The number of carbonyl (C=O) groups is 2. The molecule has 0 aromatic heterocycles. The monoisotopic (exact) mass is 435 g/mol. The van der Waals surface area contributed by atoms with Gasteiger partial charge >= 0.3 is 5.97 Å². The van der Waals surface area contributed by atoms with Crippen LogP contribution >= 0.6 is 0 Å². The topological polar surface area (TPSA) is 136 Å². The van der Waals surface area contributed by atoms with E-state index in [1.165, 1.54) is 40.7 Å². The van der Waals surface area contributed by atoms with E-state index in [1.807, 2.05) is 0 Å². The summed E-state index contributed by atoms with van der Waals surface area (Å²) in [4.78, 5) is 34.0. The summed E-state index contributed by atoms with van der Waals surface area (Å²) in [5.41, 5.74) is 0.236. The molecule has 0 bridgehead atoms. The molecule has 0 aliphatic carbocycles. The number of hydrogen-bond donors (Lipinski definition) is 1. The summed E-state index contributed by atoms with van der Waals surface area (Å²) in [5, 5.41) is 13.1. The van der Waals surface area contributed by atoms with E-state index in [0.29, 0.717) is 18.8 Å². The Labute approximate surface area is 173 Å². The highest BCUT2D eigenvalue weighted by Crippen LogP contribution is 2.18. The van der Waals surface area contributed by atoms with Crippen LogP contribution in [0.5, 0.6) is 0 Å². The molecule has 30 heavy (non-hydrogen) atoms. The molecule has 1 amide bonds. The first-order valence-electron chi connectivity index (χ1n) is 9.00. The Bertz CT molecular complexity index is 1020. The molecule has 10 nitrogen and oxygen atoms in total. The van der Waals surface area contributed by atoms with Crippen LogP contribution < -0.4 is 5.32 Å². The number of nitro benzene ring substituents is 1. The highest BCUT2D eigenvalue weighted by Gasteiger charge is 2.21. The Morgan fingerprint density at radius 3 is 2.10 bits per heavy atom. The van der Waals surface area contributed by atoms with Crippen LogP contribution in [0.25, 0.3) is 0 Å². The Hall–Kier alpha value is -3.31. The number of ether oxygens (including phenoxy) is 1. The smallest absolute Gasteiger partial charge is 0.338 e. The molecule has 0 radical (unpaired) electrons. The van der Waals surface area contributed by atoms with Crippen molar-refractivity contribution in [3.8, 4) is 0 Å². The molecule has 2 aromatic rings. The maximum atomic E-state index is 12.4. The second kappa shape index (κ2) is 9.94. The van der Waals surface area contributed by atoms with E-state index >= 15 is 0 Å². The van der Waals surface area contributed by atoms with Crippen molar-refractivity contribution in [2.24, 2.45) is 0 Å². The van der Waals surface area contributed by atoms with Crippen LogP contribution in [0.4, 0.5) is 11.4 Å². The van der Waals surface area contributed by atoms with Crippen LogP contribution in [0.3, 0.4) is 0 Å². The molecule has 0 atom stereocenters. The van der Waals surface area contributed by atoms with E-state index in [0.717, 1.165) is 12.1 Å². The largest absolute Gasteiger partial charge is 0.452 e. The molecule has 0 saturated carbocycles. The number of carbonyl (C=O) groups excluding carboxylic acids is 2. The van der Waals surface area contributed by atoms with Gasteiger partial charge in [-0.1, -0.05) is 13.8 Å². The van der Waals surface area contributed by atoms with Crippen LogP contribution in [-0.2, 0) is 19.6 Å². The van der Waals surface area contributed by atoms with Crippen LogP contribution in [-0.4, -0.2) is 49.2 Å². The zero-order valence-corrected chi connectivity index (χ0v) is 17.2. The Morgan fingerprint density at radius 2 is 1.60 bits per heavy atom. The third kappa shape index (κ3) is 5.61. The van der Waals surface area contributed by atoms with E-state index in [1.54, 1.807) is 13.8 Å². The summed E-state index contributed by atoms with van der Waals surface area (Å²) in [6.45, 7) is 3.60. The number of benzene rings is 2. The van der Waals surface area contributed by atoms with Crippen LogP contribution in [0, 0.1) is 10.1 Å². The van der Waals surface area contributed by atoms with Gasteiger partial charge in [-0.05, 0) is 36.4 Å². The maximum Gasteiger partial charge on any atom is 0.338 e. The lowest BCUT2D eigenvalue weighted by Crippen LogP contribution is -2.30. The molecule has 0 aliphatic rings. The third-order valence-electron chi connectivity index (χ3n) is 4.13. The molecule has 0 spiro atoms. The standard InChI is InChI=1S/C19H21N3O7S/c1-3-21(4-2)30(27,28)17-11-7-15(8-12-17)20-18(23)13-29-19(24)14-5-9-16(10-6-14)22(25)26/h5-12H,3-4,13H2,1-2H3,(H,20,23). The number of esters is 1. The highest BCUT2D eigenvalue weighted by molar-refractivity contribution is 7.89. The fraction of sp³-hybridized carbons (Fsp3) is 0.263. The maximum absolute atomic E-state index is 12.4. The minimum absolute atomic E-state index is 0.0689.